The second kappa shape index (κ2) is 8.21. The zero-order valence-electron chi connectivity index (χ0n) is 14.8. The molecule has 2 N–H and O–H groups in total. The molecule has 25 heavy (non-hydrogen) atoms. The molecule has 136 valence electrons. The number of nitrogens with two attached hydrogens (primary N) is 1. The summed E-state index contributed by atoms with van der Waals surface area (Å²) in [7, 11) is 1.86. The van der Waals surface area contributed by atoms with E-state index in [1.165, 1.54) is 6.08 Å². The maximum absolute atomic E-state index is 11.1. The van der Waals surface area contributed by atoms with Crippen molar-refractivity contribution in [3.8, 4) is 0 Å². The first kappa shape index (κ1) is 19.8. The van der Waals surface area contributed by atoms with Crippen LogP contribution >= 0.6 is 23.2 Å². The van der Waals surface area contributed by atoms with Crippen molar-refractivity contribution in [1.82, 2.24) is 4.90 Å². The van der Waals surface area contributed by atoms with Gasteiger partial charge in [0.1, 0.15) is 17.9 Å². The number of piperidine rings is 1. The van der Waals surface area contributed by atoms with Crippen LogP contribution in [0, 0.1) is 0 Å². The molecular weight excluding hydrogens is 359 g/mol. The lowest BCUT2D eigenvalue weighted by atomic mass is 9.91. The van der Waals surface area contributed by atoms with Crippen molar-refractivity contribution in [2.75, 3.05) is 25.0 Å². The van der Waals surface area contributed by atoms with Crippen molar-refractivity contribution >= 4 is 41.0 Å². The zero-order chi connectivity index (χ0) is 18.6. The summed E-state index contributed by atoms with van der Waals surface area (Å²) in [5.41, 5.74) is 6.78. The third-order valence-electron chi connectivity index (χ3n) is 4.50. The Hall–Kier alpha value is -1.56. The molecule has 1 aromatic carbocycles. The Kier molecular flexibility index (Phi) is 6.49. The molecule has 0 amide bonds. The van der Waals surface area contributed by atoms with Crippen molar-refractivity contribution in [1.29, 1.82) is 0 Å². The number of carbonyl (C=O) groups is 1. The fraction of sp³-hybridized carbons (Fsp3) is 0.444. The highest BCUT2D eigenvalue weighted by Crippen LogP contribution is 2.32. The number of halogens is 2. The fourth-order valence-electron chi connectivity index (χ4n) is 2.69. The average molecular weight is 383 g/mol. The van der Waals surface area contributed by atoms with Crippen molar-refractivity contribution in [2.24, 2.45) is 10.7 Å². The van der Waals surface area contributed by atoms with E-state index in [9.17, 15) is 4.79 Å². The van der Waals surface area contributed by atoms with Gasteiger partial charge in [-0.1, -0.05) is 29.3 Å². The molecule has 1 aliphatic heterocycles. The summed E-state index contributed by atoms with van der Waals surface area (Å²) in [5.74, 6) is 1.34. The van der Waals surface area contributed by atoms with Gasteiger partial charge in [0.2, 0.25) is 0 Å². The van der Waals surface area contributed by atoms with Gasteiger partial charge in [0.25, 0.3) is 0 Å². The summed E-state index contributed by atoms with van der Waals surface area (Å²) in [6.45, 7) is 5.46. The predicted molar refractivity (Wildman–Crippen MR) is 106 cm³/mol. The monoisotopic (exact) mass is 382 g/mol. The molecule has 0 aliphatic carbocycles. The third-order valence-corrected chi connectivity index (χ3v) is 5.31. The number of anilines is 1. The van der Waals surface area contributed by atoms with Gasteiger partial charge in [0.05, 0.1) is 15.7 Å². The van der Waals surface area contributed by atoms with E-state index in [1.54, 1.807) is 6.07 Å². The first-order chi connectivity index (χ1) is 11.7. The molecule has 0 saturated carbocycles. The van der Waals surface area contributed by atoms with Crippen LogP contribution in [0.1, 0.15) is 26.7 Å². The summed E-state index contributed by atoms with van der Waals surface area (Å²) >= 11 is 12.4. The standard InChI is InChI=1S/C18H24Cl2N4O/c1-13(23(3)15-6-4-5-14(19)17(15)20)22-16(7-12-25)24-10-8-18(2,21)9-11-24/h4-7,12H,8-11,21H2,1-3H3/b16-7+,22-13?. The summed E-state index contributed by atoms with van der Waals surface area (Å²) in [6.07, 6.45) is 3.95. The zero-order valence-corrected chi connectivity index (χ0v) is 16.3. The van der Waals surface area contributed by atoms with Crippen LogP contribution in [0.15, 0.2) is 35.1 Å². The van der Waals surface area contributed by atoms with Crippen LogP contribution in [0.25, 0.3) is 0 Å². The van der Waals surface area contributed by atoms with Gasteiger partial charge in [-0.05, 0) is 38.8 Å². The minimum absolute atomic E-state index is 0.160. The van der Waals surface area contributed by atoms with E-state index in [0.29, 0.717) is 21.7 Å². The Bertz CT molecular complexity index is 690. The number of aliphatic imine (C=N–C) groups is 1. The van der Waals surface area contributed by atoms with Gasteiger partial charge in [0, 0.05) is 31.8 Å². The number of hydrogen-bond acceptors (Lipinski definition) is 4. The Morgan fingerprint density at radius 1 is 1.36 bits per heavy atom. The number of likely N-dealkylation sites (tertiary alicyclic amines) is 1. The van der Waals surface area contributed by atoms with E-state index in [-0.39, 0.29) is 5.54 Å². The number of carbonyl (C=O) groups excluding carboxylic acids is 1. The molecule has 1 aliphatic rings. The molecule has 1 heterocycles. The lowest BCUT2D eigenvalue weighted by molar-refractivity contribution is -0.104. The van der Waals surface area contributed by atoms with Gasteiger partial charge in [-0.25, -0.2) is 4.99 Å². The Labute approximate surface area is 159 Å². The van der Waals surface area contributed by atoms with Crippen molar-refractivity contribution < 1.29 is 4.79 Å². The molecule has 0 atom stereocenters. The number of benzene rings is 1. The number of rotatable bonds is 4. The molecule has 0 bridgehead atoms. The van der Waals surface area contributed by atoms with Crippen molar-refractivity contribution in [2.45, 2.75) is 32.2 Å². The minimum Gasteiger partial charge on any atom is -0.356 e. The number of amidine groups is 1. The molecule has 2 rings (SSSR count). The Morgan fingerprint density at radius 2 is 2.00 bits per heavy atom. The number of allylic oxidation sites excluding steroid dienone is 1. The third kappa shape index (κ3) is 4.97. The summed E-state index contributed by atoms with van der Waals surface area (Å²) < 4.78 is 0. The lowest BCUT2D eigenvalue weighted by Gasteiger charge is -2.38. The first-order valence-electron chi connectivity index (χ1n) is 8.17. The molecular formula is C18H24Cl2N4O. The van der Waals surface area contributed by atoms with E-state index in [1.807, 2.05) is 31.0 Å². The topological polar surface area (TPSA) is 61.9 Å². The second-order valence-corrected chi connectivity index (χ2v) is 7.38. The van der Waals surface area contributed by atoms with Crippen LogP contribution in [0.4, 0.5) is 5.69 Å². The van der Waals surface area contributed by atoms with Crippen LogP contribution in [0.5, 0.6) is 0 Å². The highest BCUT2D eigenvalue weighted by atomic mass is 35.5. The molecule has 1 aromatic rings. The molecule has 0 unspecified atom stereocenters. The molecule has 7 heteroatoms. The highest BCUT2D eigenvalue weighted by molar-refractivity contribution is 6.44. The van der Waals surface area contributed by atoms with Gasteiger partial charge in [-0.3, -0.25) is 4.79 Å². The summed E-state index contributed by atoms with van der Waals surface area (Å²) in [6, 6.07) is 5.45. The van der Waals surface area contributed by atoms with Crippen molar-refractivity contribution in [3.63, 3.8) is 0 Å². The van der Waals surface area contributed by atoms with Gasteiger partial charge >= 0.3 is 0 Å². The summed E-state index contributed by atoms with van der Waals surface area (Å²) in [4.78, 5) is 19.6. The predicted octanol–water partition coefficient (Wildman–Crippen LogP) is 3.70. The molecule has 5 nitrogen and oxygen atoms in total. The minimum atomic E-state index is -0.160. The van der Waals surface area contributed by atoms with Gasteiger partial charge in [-0.2, -0.15) is 0 Å². The van der Waals surface area contributed by atoms with Gasteiger partial charge in [0.15, 0.2) is 0 Å². The molecule has 0 radical (unpaired) electrons. The van der Waals surface area contributed by atoms with E-state index in [4.69, 9.17) is 28.9 Å². The molecule has 0 spiro atoms. The number of nitrogens with zero attached hydrogens (tertiary/aromatic N) is 3. The van der Waals surface area contributed by atoms with Gasteiger partial charge in [-0.15, -0.1) is 0 Å². The first-order valence-corrected chi connectivity index (χ1v) is 8.93. The Balaban J connectivity index is 2.23. The molecule has 1 saturated heterocycles. The van der Waals surface area contributed by atoms with Crippen LogP contribution in [0.3, 0.4) is 0 Å². The van der Waals surface area contributed by atoms with E-state index in [0.717, 1.165) is 37.9 Å². The smallest absolute Gasteiger partial charge is 0.146 e. The van der Waals surface area contributed by atoms with Crippen LogP contribution in [-0.2, 0) is 4.79 Å². The average Bonchev–Trinajstić information content (AvgIpc) is 2.56. The SMILES string of the molecule is CC(=N/C(=C\C=O)N1CCC(C)(N)CC1)N(C)c1cccc(Cl)c1Cl. The molecule has 0 aromatic heterocycles. The van der Waals surface area contributed by atoms with Crippen LogP contribution < -0.4 is 10.6 Å². The quantitative estimate of drug-likeness (QED) is 0.373. The normalized spacial score (nSPS) is 18.2. The van der Waals surface area contributed by atoms with E-state index in [2.05, 4.69) is 16.8 Å². The van der Waals surface area contributed by atoms with E-state index < -0.39 is 0 Å². The number of hydrogen-bond donors (Lipinski definition) is 1. The van der Waals surface area contributed by atoms with Crippen LogP contribution in [-0.4, -0.2) is 42.7 Å². The highest BCUT2D eigenvalue weighted by Gasteiger charge is 2.27. The largest absolute Gasteiger partial charge is 0.356 e. The Morgan fingerprint density at radius 3 is 2.60 bits per heavy atom. The summed E-state index contributed by atoms with van der Waals surface area (Å²) in [5, 5.41) is 0.958. The van der Waals surface area contributed by atoms with E-state index >= 15 is 0 Å². The maximum atomic E-state index is 11.1. The fourth-order valence-corrected chi connectivity index (χ4v) is 3.11. The van der Waals surface area contributed by atoms with Crippen LogP contribution in [0.2, 0.25) is 10.0 Å². The molecule has 1 fully saturated rings. The maximum Gasteiger partial charge on any atom is 0.146 e. The van der Waals surface area contributed by atoms with Crippen molar-refractivity contribution in [3.05, 3.63) is 40.1 Å². The lowest BCUT2D eigenvalue weighted by Crippen LogP contribution is -2.47. The number of aldehydes is 1. The second-order valence-electron chi connectivity index (χ2n) is 6.59. The van der Waals surface area contributed by atoms with Gasteiger partial charge < -0.3 is 15.5 Å².